The molecule has 1 aliphatic heterocycles. The molecule has 0 aromatic carbocycles. The Morgan fingerprint density at radius 1 is 1.29 bits per heavy atom. The highest BCUT2D eigenvalue weighted by Gasteiger charge is 2.27. The zero-order chi connectivity index (χ0) is 14.7. The average molecular weight is 289 g/mol. The Morgan fingerprint density at radius 3 is 2.81 bits per heavy atom. The highest BCUT2D eigenvalue weighted by atomic mass is 16.1. The van der Waals surface area contributed by atoms with Crippen LogP contribution in [0, 0.1) is 0 Å². The molecule has 3 rings (SSSR count). The predicted octanol–water partition coefficient (Wildman–Crippen LogP) is 0.947. The molecule has 1 aromatic heterocycles. The number of piperidine rings is 1. The lowest BCUT2D eigenvalue weighted by molar-refractivity contribution is 0.0957. The Balaban J connectivity index is 1.67. The van der Waals surface area contributed by atoms with E-state index in [0.717, 1.165) is 24.9 Å². The molecular formula is C15H23N5O. The summed E-state index contributed by atoms with van der Waals surface area (Å²) in [5, 5.41) is 14.5. The first-order valence-corrected chi connectivity index (χ1v) is 7.84. The first kappa shape index (κ1) is 14.3. The molecule has 2 aliphatic rings. The van der Waals surface area contributed by atoms with Crippen LogP contribution in [-0.4, -0.2) is 48.3 Å². The van der Waals surface area contributed by atoms with Gasteiger partial charge in [-0.1, -0.05) is 0 Å². The van der Waals surface area contributed by atoms with Crippen LogP contribution in [0.25, 0.3) is 0 Å². The Hall–Kier alpha value is -1.69. The molecule has 1 aromatic rings. The van der Waals surface area contributed by atoms with Gasteiger partial charge in [-0.3, -0.25) is 4.79 Å². The van der Waals surface area contributed by atoms with Crippen LogP contribution in [0.15, 0.2) is 12.1 Å². The Bertz CT molecular complexity index is 485. The second kappa shape index (κ2) is 6.39. The van der Waals surface area contributed by atoms with E-state index in [1.54, 1.807) is 13.1 Å². The Labute approximate surface area is 125 Å². The minimum absolute atomic E-state index is 0.195. The Morgan fingerprint density at radius 2 is 2.14 bits per heavy atom. The molecular weight excluding hydrogens is 266 g/mol. The van der Waals surface area contributed by atoms with Crippen molar-refractivity contribution in [2.45, 2.75) is 44.2 Å². The van der Waals surface area contributed by atoms with Gasteiger partial charge in [0, 0.05) is 32.2 Å². The summed E-state index contributed by atoms with van der Waals surface area (Å²) in [7, 11) is 1.60. The highest BCUT2D eigenvalue weighted by molar-refractivity contribution is 5.91. The number of hydrogen-bond donors (Lipinski definition) is 2. The van der Waals surface area contributed by atoms with Crippen LogP contribution in [0.1, 0.15) is 42.6 Å². The number of carbonyl (C=O) groups excluding carboxylic acids is 1. The van der Waals surface area contributed by atoms with Gasteiger partial charge in [0.2, 0.25) is 0 Å². The van der Waals surface area contributed by atoms with Gasteiger partial charge in [-0.15, -0.1) is 10.2 Å². The maximum atomic E-state index is 11.5. The summed E-state index contributed by atoms with van der Waals surface area (Å²) in [5.41, 5.74) is 0.367. The fraction of sp³-hybridized carbons (Fsp3) is 0.667. The maximum Gasteiger partial charge on any atom is 0.271 e. The van der Waals surface area contributed by atoms with Crippen LogP contribution in [-0.2, 0) is 0 Å². The second-order valence-electron chi connectivity index (χ2n) is 5.88. The van der Waals surface area contributed by atoms with E-state index in [0.29, 0.717) is 11.7 Å². The fourth-order valence-corrected chi connectivity index (χ4v) is 2.83. The molecule has 1 aliphatic carbocycles. The summed E-state index contributed by atoms with van der Waals surface area (Å²) < 4.78 is 0. The van der Waals surface area contributed by atoms with Crippen molar-refractivity contribution in [3.05, 3.63) is 17.8 Å². The van der Waals surface area contributed by atoms with Crippen LogP contribution < -0.4 is 15.5 Å². The van der Waals surface area contributed by atoms with Gasteiger partial charge in [0.05, 0.1) is 0 Å². The maximum absolute atomic E-state index is 11.5. The smallest absolute Gasteiger partial charge is 0.271 e. The van der Waals surface area contributed by atoms with Gasteiger partial charge in [0.15, 0.2) is 11.5 Å². The monoisotopic (exact) mass is 289 g/mol. The second-order valence-corrected chi connectivity index (χ2v) is 5.88. The highest BCUT2D eigenvalue weighted by Crippen LogP contribution is 2.24. The van der Waals surface area contributed by atoms with Gasteiger partial charge in [0.25, 0.3) is 5.91 Å². The van der Waals surface area contributed by atoms with Crippen LogP contribution >= 0.6 is 0 Å². The molecule has 114 valence electrons. The number of aromatic nitrogens is 2. The normalized spacial score (nSPS) is 22.1. The van der Waals surface area contributed by atoms with Crippen molar-refractivity contribution in [2.75, 3.05) is 25.0 Å². The van der Waals surface area contributed by atoms with Gasteiger partial charge in [-0.25, -0.2) is 0 Å². The van der Waals surface area contributed by atoms with Crippen molar-refractivity contribution >= 4 is 11.7 Å². The summed E-state index contributed by atoms with van der Waals surface area (Å²) in [4.78, 5) is 13.8. The summed E-state index contributed by atoms with van der Waals surface area (Å²) in [5.74, 6) is 0.685. The molecule has 1 saturated heterocycles. The van der Waals surface area contributed by atoms with E-state index in [1.807, 2.05) is 6.07 Å². The number of carbonyl (C=O) groups is 1. The van der Waals surface area contributed by atoms with E-state index in [2.05, 4.69) is 25.7 Å². The molecule has 0 bridgehead atoms. The minimum atomic E-state index is -0.195. The molecule has 21 heavy (non-hydrogen) atoms. The van der Waals surface area contributed by atoms with Crippen LogP contribution in [0.2, 0.25) is 0 Å². The van der Waals surface area contributed by atoms with E-state index in [4.69, 9.17) is 0 Å². The van der Waals surface area contributed by atoms with Gasteiger partial charge >= 0.3 is 0 Å². The summed E-state index contributed by atoms with van der Waals surface area (Å²) >= 11 is 0. The Kier molecular flexibility index (Phi) is 4.34. The molecule has 2 fully saturated rings. The minimum Gasteiger partial charge on any atom is -0.354 e. The van der Waals surface area contributed by atoms with Gasteiger partial charge < -0.3 is 15.5 Å². The van der Waals surface area contributed by atoms with Crippen LogP contribution in [0.4, 0.5) is 5.82 Å². The van der Waals surface area contributed by atoms with E-state index in [9.17, 15) is 4.79 Å². The largest absolute Gasteiger partial charge is 0.354 e. The van der Waals surface area contributed by atoms with Crippen molar-refractivity contribution in [1.29, 1.82) is 0 Å². The van der Waals surface area contributed by atoms with E-state index in [1.165, 1.54) is 32.1 Å². The fourth-order valence-electron chi connectivity index (χ4n) is 2.83. The van der Waals surface area contributed by atoms with Crippen LogP contribution in [0.3, 0.4) is 0 Å². The number of nitrogens with zero attached hydrogens (tertiary/aromatic N) is 3. The van der Waals surface area contributed by atoms with Crippen LogP contribution in [0.5, 0.6) is 0 Å². The molecule has 6 nitrogen and oxygen atoms in total. The van der Waals surface area contributed by atoms with Crippen molar-refractivity contribution in [2.24, 2.45) is 0 Å². The summed E-state index contributed by atoms with van der Waals surface area (Å²) in [6.07, 6.45) is 6.29. The molecule has 1 saturated carbocycles. The SMILES string of the molecule is CNC(=O)c1ccc(N2CCCCC2CNC2CC2)nn1. The molecule has 0 spiro atoms. The molecule has 1 atom stereocenters. The van der Waals surface area contributed by atoms with Crippen molar-refractivity contribution < 1.29 is 4.79 Å². The summed E-state index contributed by atoms with van der Waals surface area (Å²) in [6.45, 7) is 2.04. The first-order valence-electron chi connectivity index (χ1n) is 7.84. The number of nitrogens with one attached hydrogen (secondary N) is 2. The zero-order valence-electron chi connectivity index (χ0n) is 12.5. The molecule has 2 heterocycles. The summed E-state index contributed by atoms with van der Waals surface area (Å²) in [6, 6.07) is 4.88. The van der Waals surface area contributed by atoms with Gasteiger partial charge in [-0.05, 0) is 44.2 Å². The number of anilines is 1. The van der Waals surface area contributed by atoms with Crippen molar-refractivity contribution in [3.63, 3.8) is 0 Å². The zero-order valence-corrected chi connectivity index (χ0v) is 12.5. The standard InChI is InChI=1S/C15H23N5O/c1-16-15(21)13-7-8-14(19-18-13)20-9-3-2-4-12(20)10-17-11-5-6-11/h7-8,11-12,17H,2-6,9-10H2,1H3,(H,16,21). The lowest BCUT2D eigenvalue weighted by atomic mass is 10.0. The molecule has 2 N–H and O–H groups in total. The lowest BCUT2D eigenvalue weighted by Crippen LogP contribution is -2.46. The third-order valence-electron chi connectivity index (χ3n) is 4.25. The van der Waals surface area contributed by atoms with Gasteiger partial charge in [0.1, 0.15) is 0 Å². The number of amides is 1. The molecule has 0 radical (unpaired) electrons. The molecule has 6 heteroatoms. The molecule has 1 unspecified atom stereocenters. The number of hydrogen-bond acceptors (Lipinski definition) is 5. The van der Waals surface area contributed by atoms with Gasteiger partial charge in [-0.2, -0.15) is 0 Å². The van der Waals surface area contributed by atoms with E-state index in [-0.39, 0.29) is 5.91 Å². The predicted molar refractivity (Wildman–Crippen MR) is 81.4 cm³/mol. The van der Waals surface area contributed by atoms with E-state index < -0.39 is 0 Å². The van der Waals surface area contributed by atoms with Crippen molar-refractivity contribution in [3.8, 4) is 0 Å². The van der Waals surface area contributed by atoms with E-state index >= 15 is 0 Å². The lowest BCUT2D eigenvalue weighted by Gasteiger charge is -2.36. The van der Waals surface area contributed by atoms with Crippen molar-refractivity contribution in [1.82, 2.24) is 20.8 Å². The topological polar surface area (TPSA) is 70.2 Å². The third-order valence-corrected chi connectivity index (χ3v) is 4.25. The average Bonchev–Trinajstić information content (AvgIpc) is 3.37. The first-order chi connectivity index (χ1) is 10.3. The quantitative estimate of drug-likeness (QED) is 0.844. The number of rotatable bonds is 5. The molecule has 1 amide bonds. The third kappa shape index (κ3) is 3.50.